The number of carbonyl (C=O) groups is 1. The lowest BCUT2D eigenvalue weighted by atomic mass is 9.74. The molecule has 0 aromatic heterocycles. The standard InChI is InChI=1S/C10H21NO/c1-5-10(6-2,7-11)9(12)8(3)4/h8H,5-7,11H2,1-4H3. The molecular formula is C10H21NO. The van der Waals surface area contributed by atoms with Crippen molar-refractivity contribution in [2.75, 3.05) is 6.54 Å². The molecule has 0 atom stereocenters. The van der Waals surface area contributed by atoms with Gasteiger partial charge in [0.1, 0.15) is 5.78 Å². The Morgan fingerprint density at radius 3 is 1.83 bits per heavy atom. The zero-order valence-corrected chi connectivity index (χ0v) is 8.68. The molecule has 0 aliphatic carbocycles. The zero-order chi connectivity index (χ0) is 9.78. The molecule has 0 aromatic carbocycles. The first-order chi connectivity index (χ1) is 5.54. The van der Waals surface area contributed by atoms with E-state index in [1.807, 2.05) is 27.7 Å². The Morgan fingerprint density at radius 1 is 1.33 bits per heavy atom. The minimum Gasteiger partial charge on any atom is -0.329 e. The van der Waals surface area contributed by atoms with Crippen molar-refractivity contribution in [1.29, 1.82) is 0 Å². The summed E-state index contributed by atoms with van der Waals surface area (Å²) in [5.41, 5.74) is 5.39. The smallest absolute Gasteiger partial charge is 0.142 e. The van der Waals surface area contributed by atoms with Gasteiger partial charge >= 0.3 is 0 Å². The molecule has 72 valence electrons. The molecule has 0 amide bonds. The topological polar surface area (TPSA) is 43.1 Å². The van der Waals surface area contributed by atoms with Crippen LogP contribution >= 0.6 is 0 Å². The van der Waals surface area contributed by atoms with E-state index < -0.39 is 0 Å². The van der Waals surface area contributed by atoms with E-state index in [1.54, 1.807) is 0 Å². The second-order valence-corrected chi connectivity index (χ2v) is 3.71. The maximum atomic E-state index is 11.8. The molecule has 0 bridgehead atoms. The lowest BCUT2D eigenvalue weighted by Gasteiger charge is -2.30. The summed E-state index contributed by atoms with van der Waals surface area (Å²) in [5, 5.41) is 0. The van der Waals surface area contributed by atoms with Crippen molar-refractivity contribution < 1.29 is 4.79 Å². The van der Waals surface area contributed by atoms with Gasteiger partial charge in [-0.1, -0.05) is 27.7 Å². The number of hydrogen-bond acceptors (Lipinski definition) is 2. The van der Waals surface area contributed by atoms with Gasteiger partial charge in [-0.05, 0) is 12.8 Å². The number of ketones is 1. The Kier molecular flexibility index (Phi) is 4.46. The van der Waals surface area contributed by atoms with Crippen molar-refractivity contribution in [3.05, 3.63) is 0 Å². The summed E-state index contributed by atoms with van der Waals surface area (Å²) < 4.78 is 0. The van der Waals surface area contributed by atoms with Crippen LogP contribution in [-0.2, 0) is 4.79 Å². The first-order valence-corrected chi connectivity index (χ1v) is 4.78. The van der Waals surface area contributed by atoms with Crippen LogP contribution in [0, 0.1) is 11.3 Å². The summed E-state index contributed by atoms with van der Waals surface area (Å²) >= 11 is 0. The first-order valence-electron chi connectivity index (χ1n) is 4.78. The molecule has 2 nitrogen and oxygen atoms in total. The maximum Gasteiger partial charge on any atom is 0.142 e. The van der Waals surface area contributed by atoms with E-state index in [4.69, 9.17) is 5.73 Å². The Labute approximate surface area is 75.5 Å². The average molecular weight is 171 g/mol. The highest BCUT2D eigenvalue weighted by Crippen LogP contribution is 2.29. The molecule has 0 saturated heterocycles. The molecule has 0 aromatic rings. The molecule has 0 spiro atoms. The Hall–Kier alpha value is -0.370. The summed E-state index contributed by atoms with van der Waals surface area (Å²) in [7, 11) is 0. The predicted octanol–water partition coefficient (Wildman–Crippen LogP) is 1.98. The number of nitrogens with two attached hydrogens (primary N) is 1. The third-order valence-corrected chi connectivity index (χ3v) is 2.79. The Morgan fingerprint density at radius 2 is 1.75 bits per heavy atom. The van der Waals surface area contributed by atoms with Gasteiger partial charge in [0.2, 0.25) is 0 Å². The number of hydrogen-bond donors (Lipinski definition) is 1. The second-order valence-electron chi connectivity index (χ2n) is 3.71. The quantitative estimate of drug-likeness (QED) is 0.687. The van der Waals surface area contributed by atoms with Gasteiger partial charge in [-0.3, -0.25) is 4.79 Å². The minimum absolute atomic E-state index is 0.105. The lowest BCUT2D eigenvalue weighted by Crippen LogP contribution is -2.40. The maximum absolute atomic E-state index is 11.8. The fourth-order valence-electron chi connectivity index (χ4n) is 1.60. The van der Waals surface area contributed by atoms with Gasteiger partial charge in [-0.2, -0.15) is 0 Å². The van der Waals surface area contributed by atoms with E-state index in [0.717, 1.165) is 12.8 Å². The van der Waals surface area contributed by atoms with Crippen molar-refractivity contribution >= 4 is 5.78 Å². The Bertz CT molecular complexity index is 140. The summed E-state index contributed by atoms with van der Waals surface area (Å²) in [4.78, 5) is 11.8. The molecule has 0 heterocycles. The van der Waals surface area contributed by atoms with E-state index in [0.29, 0.717) is 12.3 Å². The van der Waals surface area contributed by atoms with Gasteiger partial charge in [-0.15, -0.1) is 0 Å². The van der Waals surface area contributed by atoms with Crippen molar-refractivity contribution in [1.82, 2.24) is 0 Å². The van der Waals surface area contributed by atoms with Gasteiger partial charge in [0.15, 0.2) is 0 Å². The van der Waals surface area contributed by atoms with Gasteiger partial charge in [0, 0.05) is 17.9 Å². The van der Waals surface area contributed by atoms with Crippen LogP contribution < -0.4 is 5.73 Å². The van der Waals surface area contributed by atoms with Crippen molar-refractivity contribution in [3.8, 4) is 0 Å². The summed E-state index contributed by atoms with van der Waals surface area (Å²) in [6.45, 7) is 8.44. The third kappa shape index (κ3) is 2.07. The van der Waals surface area contributed by atoms with Crippen LogP contribution in [0.4, 0.5) is 0 Å². The zero-order valence-electron chi connectivity index (χ0n) is 8.68. The minimum atomic E-state index is -0.256. The SMILES string of the molecule is CCC(CC)(CN)C(=O)C(C)C. The molecule has 12 heavy (non-hydrogen) atoms. The average Bonchev–Trinajstić information content (AvgIpc) is 2.08. The number of rotatable bonds is 5. The van der Waals surface area contributed by atoms with Gasteiger partial charge in [-0.25, -0.2) is 0 Å². The van der Waals surface area contributed by atoms with E-state index in [2.05, 4.69) is 0 Å². The highest BCUT2D eigenvalue weighted by molar-refractivity contribution is 5.86. The molecular weight excluding hydrogens is 150 g/mol. The van der Waals surface area contributed by atoms with Crippen molar-refractivity contribution in [3.63, 3.8) is 0 Å². The summed E-state index contributed by atoms with van der Waals surface area (Å²) in [6.07, 6.45) is 1.72. The van der Waals surface area contributed by atoms with Gasteiger partial charge in [0.25, 0.3) is 0 Å². The summed E-state index contributed by atoms with van der Waals surface area (Å²) in [5.74, 6) is 0.420. The fourth-order valence-corrected chi connectivity index (χ4v) is 1.60. The normalized spacial score (nSPS) is 12.2. The molecule has 0 radical (unpaired) electrons. The highest BCUT2D eigenvalue weighted by atomic mass is 16.1. The number of carbonyl (C=O) groups excluding carboxylic acids is 1. The lowest BCUT2D eigenvalue weighted by molar-refractivity contribution is -0.131. The van der Waals surface area contributed by atoms with E-state index in [9.17, 15) is 4.79 Å². The van der Waals surface area contributed by atoms with Crippen LogP contribution in [-0.4, -0.2) is 12.3 Å². The first kappa shape index (κ1) is 11.6. The molecule has 0 fully saturated rings. The van der Waals surface area contributed by atoms with Crippen LogP contribution in [0.1, 0.15) is 40.5 Å². The van der Waals surface area contributed by atoms with Crippen LogP contribution in [0.3, 0.4) is 0 Å². The van der Waals surface area contributed by atoms with Gasteiger partial charge in [0.05, 0.1) is 0 Å². The fraction of sp³-hybridized carbons (Fsp3) is 0.900. The van der Waals surface area contributed by atoms with Gasteiger partial charge < -0.3 is 5.73 Å². The third-order valence-electron chi connectivity index (χ3n) is 2.79. The van der Waals surface area contributed by atoms with Crippen LogP contribution in [0.25, 0.3) is 0 Å². The van der Waals surface area contributed by atoms with Crippen LogP contribution in [0.15, 0.2) is 0 Å². The number of Topliss-reactive ketones (excluding diaryl/α,β-unsaturated/α-hetero) is 1. The highest BCUT2D eigenvalue weighted by Gasteiger charge is 2.34. The molecule has 2 N–H and O–H groups in total. The summed E-state index contributed by atoms with van der Waals surface area (Å²) in [6, 6.07) is 0. The molecule has 2 heteroatoms. The monoisotopic (exact) mass is 171 g/mol. The molecule has 0 aliphatic rings. The van der Waals surface area contributed by atoms with Crippen LogP contribution in [0.5, 0.6) is 0 Å². The molecule has 0 unspecified atom stereocenters. The second kappa shape index (κ2) is 4.61. The van der Waals surface area contributed by atoms with Crippen LogP contribution in [0.2, 0.25) is 0 Å². The van der Waals surface area contributed by atoms with E-state index >= 15 is 0 Å². The largest absolute Gasteiger partial charge is 0.329 e. The van der Waals surface area contributed by atoms with E-state index in [-0.39, 0.29) is 11.3 Å². The molecule has 0 aliphatic heterocycles. The van der Waals surface area contributed by atoms with Crippen molar-refractivity contribution in [2.45, 2.75) is 40.5 Å². The Balaban J connectivity index is 4.59. The van der Waals surface area contributed by atoms with E-state index in [1.165, 1.54) is 0 Å². The predicted molar refractivity (Wildman–Crippen MR) is 51.9 cm³/mol. The molecule has 0 saturated carbocycles. The van der Waals surface area contributed by atoms with Crippen molar-refractivity contribution in [2.24, 2.45) is 17.1 Å². The molecule has 0 rings (SSSR count).